The number of amides is 1. The summed E-state index contributed by atoms with van der Waals surface area (Å²) in [5.74, 6) is 1.24. The maximum atomic E-state index is 12.8. The third-order valence-electron chi connectivity index (χ3n) is 5.06. The van der Waals surface area contributed by atoms with Gasteiger partial charge >= 0.3 is 0 Å². The van der Waals surface area contributed by atoms with Crippen molar-refractivity contribution in [2.75, 3.05) is 26.4 Å². The highest BCUT2D eigenvalue weighted by atomic mass is 16.7. The Morgan fingerprint density at radius 1 is 1.28 bits per heavy atom. The molecule has 5 heteroatoms. The highest BCUT2D eigenvalue weighted by Crippen LogP contribution is 2.26. The van der Waals surface area contributed by atoms with Gasteiger partial charge in [0.25, 0.3) is 5.91 Å². The normalized spacial score (nSPS) is 21.8. The molecule has 0 aromatic heterocycles. The number of carbonyl (C=O) groups excluding carboxylic acids is 1. The number of piperidine rings is 1. The average Bonchev–Trinajstić information content (AvgIpc) is 3.15. The van der Waals surface area contributed by atoms with E-state index in [1.54, 1.807) is 0 Å². The topological polar surface area (TPSA) is 48.0 Å². The zero-order chi connectivity index (χ0) is 17.8. The lowest BCUT2D eigenvalue weighted by Crippen LogP contribution is -2.51. The minimum atomic E-state index is -0.282. The first-order valence-corrected chi connectivity index (χ1v) is 9.32. The van der Waals surface area contributed by atoms with E-state index in [9.17, 15) is 4.79 Å². The molecule has 25 heavy (non-hydrogen) atoms. The molecule has 2 aliphatic rings. The Hall–Kier alpha value is -1.59. The zero-order valence-corrected chi connectivity index (χ0v) is 15.5. The van der Waals surface area contributed by atoms with Gasteiger partial charge in [-0.05, 0) is 49.3 Å². The van der Waals surface area contributed by atoms with Crippen molar-refractivity contribution in [1.82, 2.24) is 4.90 Å². The number of nitrogens with zero attached hydrogens (tertiary/aromatic N) is 1. The first kappa shape index (κ1) is 18.2. The van der Waals surface area contributed by atoms with E-state index in [2.05, 4.69) is 26.0 Å². The average molecular weight is 347 g/mol. The van der Waals surface area contributed by atoms with Crippen LogP contribution in [0.2, 0.25) is 0 Å². The predicted octanol–water partition coefficient (Wildman–Crippen LogP) is 3.25. The quantitative estimate of drug-likeness (QED) is 0.820. The summed E-state index contributed by atoms with van der Waals surface area (Å²) in [5, 5.41) is 0. The molecule has 138 valence electrons. The van der Waals surface area contributed by atoms with Crippen molar-refractivity contribution < 1.29 is 19.0 Å². The third kappa shape index (κ3) is 4.33. The summed E-state index contributed by atoms with van der Waals surface area (Å²) < 4.78 is 17.2. The lowest BCUT2D eigenvalue weighted by atomic mass is 10.0. The van der Waals surface area contributed by atoms with Gasteiger partial charge in [-0.2, -0.15) is 0 Å². The van der Waals surface area contributed by atoms with Crippen LogP contribution in [0.4, 0.5) is 0 Å². The first-order valence-electron chi connectivity index (χ1n) is 9.32. The molecule has 1 aromatic rings. The van der Waals surface area contributed by atoms with Crippen molar-refractivity contribution in [1.29, 1.82) is 0 Å². The Kier molecular flexibility index (Phi) is 5.97. The predicted molar refractivity (Wildman–Crippen MR) is 95.8 cm³/mol. The minimum Gasteiger partial charge on any atom is -0.483 e. The lowest BCUT2D eigenvalue weighted by molar-refractivity contribution is -0.152. The molecule has 5 nitrogen and oxygen atoms in total. The van der Waals surface area contributed by atoms with Crippen molar-refractivity contribution in [3.63, 3.8) is 0 Å². The summed E-state index contributed by atoms with van der Waals surface area (Å²) in [6.45, 7) is 8.35. The van der Waals surface area contributed by atoms with E-state index >= 15 is 0 Å². The van der Waals surface area contributed by atoms with Gasteiger partial charge in [-0.15, -0.1) is 0 Å². The molecule has 0 aliphatic carbocycles. The SMILES string of the molecule is Cc1ccc(C(C)C)cc1OCC(=O)N1CCCCC1C1OCCO1. The van der Waals surface area contributed by atoms with Gasteiger partial charge in [0.1, 0.15) is 5.75 Å². The van der Waals surface area contributed by atoms with Crippen LogP contribution < -0.4 is 4.74 Å². The smallest absolute Gasteiger partial charge is 0.260 e. The molecule has 0 bridgehead atoms. The summed E-state index contributed by atoms with van der Waals surface area (Å²) in [6.07, 6.45) is 2.78. The molecule has 1 aromatic carbocycles. The number of hydrogen-bond acceptors (Lipinski definition) is 4. The van der Waals surface area contributed by atoms with Crippen molar-refractivity contribution in [3.8, 4) is 5.75 Å². The van der Waals surface area contributed by atoms with Crippen molar-refractivity contribution in [2.24, 2.45) is 0 Å². The molecule has 2 fully saturated rings. The standard InChI is InChI=1S/C20H29NO4/c1-14(2)16-8-7-15(3)18(12-16)25-13-19(22)21-9-5-4-6-17(21)20-23-10-11-24-20/h7-8,12,14,17,20H,4-6,9-11,13H2,1-3H3. The fourth-order valence-electron chi connectivity index (χ4n) is 3.50. The molecule has 1 atom stereocenters. The van der Waals surface area contributed by atoms with Crippen molar-refractivity contribution in [2.45, 2.75) is 58.3 Å². The Balaban J connectivity index is 1.64. The van der Waals surface area contributed by atoms with Gasteiger partial charge in [-0.3, -0.25) is 4.79 Å². The van der Waals surface area contributed by atoms with Gasteiger partial charge in [0.2, 0.25) is 0 Å². The second-order valence-corrected chi connectivity index (χ2v) is 7.23. The van der Waals surface area contributed by atoms with Crippen LogP contribution >= 0.6 is 0 Å². The lowest BCUT2D eigenvalue weighted by Gasteiger charge is -2.37. The summed E-state index contributed by atoms with van der Waals surface area (Å²) in [7, 11) is 0. The molecule has 2 saturated heterocycles. The molecule has 0 saturated carbocycles. The number of benzene rings is 1. The van der Waals surface area contributed by atoms with E-state index < -0.39 is 0 Å². The van der Waals surface area contributed by atoms with Crippen LogP contribution in [0.5, 0.6) is 5.75 Å². The molecule has 1 unspecified atom stereocenters. The van der Waals surface area contributed by atoms with E-state index in [0.29, 0.717) is 19.1 Å². The molecular weight excluding hydrogens is 318 g/mol. The van der Waals surface area contributed by atoms with Crippen LogP contribution in [0.3, 0.4) is 0 Å². The monoisotopic (exact) mass is 347 g/mol. The van der Waals surface area contributed by atoms with Crippen LogP contribution in [0.1, 0.15) is 50.2 Å². The van der Waals surface area contributed by atoms with E-state index in [1.165, 1.54) is 5.56 Å². The van der Waals surface area contributed by atoms with Gasteiger partial charge in [-0.25, -0.2) is 0 Å². The van der Waals surface area contributed by atoms with Gasteiger partial charge < -0.3 is 19.1 Å². The molecule has 1 amide bonds. The van der Waals surface area contributed by atoms with E-state index in [0.717, 1.165) is 37.1 Å². The maximum absolute atomic E-state index is 12.8. The fraction of sp³-hybridized carbons (Fsp3) is 0.650. The van der Waals surface area contributed by atoms with Crippen LogP contribution in [-0.4, -0.2) is 49.5 Å². The maximum Gasteiger partial charge on any atom is 0.260 e. The Labute approximate surface area is 150 Å². The molecule has 2 aliphatic heterocycles. The van der Waals surface area contributed by atoms with Crippen molar-refractivity contribution in [3.05, 3.63) is 29.3 Å². The molecule has 2 heterocycles. The Bertz CT molecular complexity index is 595. The van der Waals surface area contributed by atoms with Gasteiger partial charge in [0, 0.05) is 6.54 Å². The van der Waals surface area contributed by atoms with Crippen LogP contribution in [0.25, 0.3) is 0 Å². The Morgan fingerprint density at radius 3 is 2.76 bits per heavy atom. The summed E-state index contributed by atoms with van der Waals surface area (Å²) in [5.41, 5.74) is 2.27. The number of rotatable bonds is 5. The summed E-state index contributed by atoms with van der Waals surface area (Å²) >= 11 is 0. The molecule has 0 spiro atoms. The zero-order valence-electron chi connectivity index (χ0n) is 15.5. The van der Waals surface area contributed by atoms with Gasteiger partial charge in [-0.1, -0.05) is 26.0 Å². The largest absolute Gasteiger partial charge is 0.483 e. The Morgan fingerprint density at radius 2 is 2.04 bits per heavy atom. The molecular formula is C20H29NO4. The van der Waals surface area contributed by atoms with Crippen LogP contribution in [0, 0.1) is 6.92 Å². The molecule has 3 rings (SSSR count). The number of aryl methyl sites for hydroxylation is 1. The fourth-order valence-corrected chi connectivity index (χ4v) is 3.50. The highest BCUT2D eigenvalue weighted by molar-refractivity contribution is 5.78. The van der Waals surface area contributed by atoms with Crippen LogP contribution in [-0.2, 0) is 14.3 Å². The number of ether oxygens (including phenoxy) is 3. The van der Waals surface area contributed by atoms with Gasteiger partial charge in [0.05, 0.1) is 19.3 Å². The van der Waals surface area contributed by atoms with Crippen LogP contribution in [0.15, 0.2) is 18.2 Å². The van der Waals surface area contributed by atoms with E-state index in [4.69, 9.17) is 14.2 Å². The molecule has 0 N–H and O–H groups in total. The van der Waals surface area contributed by atoms with E-state index in [-0.39, 0.29) is 24.8 Å². The van der Waals surface area contributed by atoms with Gasteiger partial charge in [0.15, 0.2) is 12.9 Å². The van der Waals surface area contributed by atoms with E-state index in [1.807, 2.05) is 17.9 Å². The molecule has 0 radical (unpaired) electrons. The summed E-state index contributed by atoms with van der Waals surface area (Å²) in [4.78, 5) is 14.6. The number of hydrogen-bond donors (Lipinski definition) is 0. The second kappa shape index (κ2) is 8.19. The third-order valence-corrected chi connectivity index (χ3v) is 5.06. The first-order chi connectivity index (χ1) is 12.1. The van der Waals surface area contributed by atoms with Crippen molar-refractivity contribution >= 4 is 5.91 Å². The summed E-state index contributed by atoms with van der Waals surface area (Å²) in [6, 6.07) is 6.23. The number of carbonyl (C=O) groups is 1. The second-order valence-electron chi connectivity index (χ2n) is 7.23. The minimum absolute atomic E-state index is 0.00967. The number of likely N-dealkylation sites (tertiary alicyclic amines) is 1. The highest BCUT2D eigenvalue weighted by Gasteiger charge is 2.36.